The van der Waals surface area contributed by atoms with Crippen molar-refractivity contribution in [2.75, 3.05) is 5.73 Å². The van der Waals surface area contributed by atoms with Gasteiger partial charge in [-0.25, -0.2) is 9.97 Å². The van der Waals surface area contributed by atoms with E-state index in [1.165, 1.54) is 0 Å². The normalized spacial score (nSPS) is 11.0. The highest BCUT2D eigenvalue weighted by atomic mass is 15.2. The second-order valence-electron chi connectivity index (χ2n) is 4.15. The Kier molecular flexibility index (Phi) is 2.22. The molecule has 0 radical (unpaired) electrons. The zero-order valence-corrected chi connectivity index (χ0v) is 10.1. The maximum absolute atomic E-state index is 5.86. The number of aromatic nitrogens is 5. The van der Waals surface area contributed by atoms with Crippen LogP contribution in [0.5, 0.6) is 0 Å². The highest BCUT2D eigenvalue weighted by Gasteiger charge is 2.09. The van der Waals surface area contributed by atoms with Gasteiger partial charge >= 0.3 is 0 Å². The number of hydrogen-bond donors (Lipinski definition) is 1. The first-order valence-corrected chi connectivity index (χ1v) is 5.53. The van der Waals surface area contributed by atoms with Gasteiger partial charge in [0.25, 0.3) is 0 Å². The molecule has 90 valence electrons. The summed E-state index contributed by atoms with van der Waals surface area (Å²) in [6, 6.07) is 5.87. The molecule has 0 saturated heterocycles. The molecule has 3 rings (SSSR count). The average Bonchev–Trinajstić information content (AvgIpc) is 2.71. The summed E-state index contributed by atoms with van der Waals surface area (Å²) >= 11 is 0. The number of nitrogens with zero attached hydrogens (tertiary/aromatic N) is 5. The van der Waals surface area contributed by atoms with E-state index in [0.717, 1.165) is 16.6 Å². The molecule has 0 aliphatic rings. The van der Waals surface area contributed by atoms with Crippen LogP contribution in [0.1, 0.15) is 5.82 Å². The molecule has 0 aliphatic heterocycles. The predicted octanol–water partition coefficient (Wildman–Crippen LogP) is 1.32. The Morgan fingerprint density at radius 1 is 1.22 bits per heavy atom. The van der Waals surface area contributed by atoms with Crippen molar-refractivity contribution in [1.82, 2.24) is 24.7 Å². The molecule has 0 unspecified atom stereocenters. The number of fused-ring (bicyclic) bond motifs is 1. The van der Waals surface area contributed by atoms with E-state index in [9.17, 15) is 0 Å². The summed E-state index contributed by atoms with van der Waals surface area (Å²) in [6.07, 6.45) is 1.77. The van der Waals surface area contributed by atoms with Crippen molar-refractivity contribution >= 4 is 16.9 Å². The Balaban J connectivity index is 2.19. The maximum atomic E-state index is 5.86. The van der Waals surface area contributed by atoms with Gasteiger partial charge in [0, 0.05) is 12.6 Å². The Bertz CT molecular complexity index is 731. The fourth-order valence-corrected chi connectivity index (χ4v) is 1.91. The Hall–Kier alpha value is -2.50. The monoisotopic (exact) mass is 240 g/mol. The lowest BCUT2D eigenvalue weighted by molar-refractivity contribution is 0.920. The van der Waals surface area contributed by atoms with Crippen LogP contribution in [0.3, 0.4) is 0 Å². The van der Waals surface area contributed by atoms with Crippen LogP contribution in [-0.2, 0) is 7.05 Å². The van der Waals surface area contributed by atoms with E-state index in [1.54, 1.807) is 13.3 Å². The van der Waals surface area contributed by atoms with Crippen LogP contribution >= 0.6 is 0 Å². The van der Waals surface area contributed by atoms with Crippen LogP contribution in [0.25, 0.3) is 22.3 Å². The molecule has 1 aromatic carbocycles. The molecule has 2 aromatic heterocycles. The van der Waals surface area contributed by atoms with Gasteiger partial charge in [-0.1, -0.05) is 6.07 Å². The van der Waals surface area contributed by atoms with Gasteiger partial charge in [-0.2, -0.15) is 0 Å². The fraction of sp³-hybridized carbons (Fsp3) is 0.167. The number of benzene rings is 1. The Morgan fingerprint density at radius 3 is 2.83 bits per heavy atom. The van der Waals surface area contributed by atoms with Crippen molar-refractivity contribution in [2.24, 2.45) is 7.05 Å². The van der Waals surface area contributed by atoms with Gasteiger partial charge < -0.3 is 10.3 Å². The Labute approximate surface area is 104 Å². The lowest BCUT2D eigenvalue weighted by atomic mass is 10.1. The number of rotatable bonds is 1. The van der Waals surface area contributed by atoms with Crippen LogP contribution in [0.15, 0.2) is 24.5 Å². The van der Waals surface area contributed by atoms with Crippen LogP contribution in [-0.4, -0.2) is 24.7 Å². The van der Waals surface area contributed by atoms with Gasteiger partial charge in [0.1, 0.15) is 11.5 Å². The van der Waals surface area contributed by atoms with Crippen molar-refractivity contribution in [3.05, 3.63) is 30.4 Å². The standard InChI is InChI=1S/C12H12N6/c1-7-15-12(13)11(17-16-7)8-3-4-10-9(5-8)14-6-18(10)2/h3-6H,1-2H3,(H2,13,15,16). The second-order valence-corrected chi connectivity index (χ2v) is 4.15. The summed E-state index contributed by atoms with van der Waals surface area (Å²) in [6.45, 7) is 1.76. The summed E-state index contributed by atoms with van der Waals surface area (Å²) in [5.41, 5.74) is 9.29. The molecule has 6 heteroatoms. The molecule has 0 spiro atoms. The fourth-order valence-electron chi connectivity index (χ4n) is 1.91. The van der Waals surface area contributed by atoms with E-state index in [4.69, 9.17) is 5.73 Å². The lowest BCUT2D eigenvalue weighted by Gasteiger charge is -2.04. The summed E-state index contributed by atoms with van der Waals surface area (Å²) in [7, 11) is 1.95. The van der Waals surface area contributed by atoms with Crippen molar-refractivity contribution in [1.29, 1.82) is 0 Å². The molecule has 6 nitrogen and oxygen atoms in total. The number of nitrogens with two attached hydrogens (primary N) is 1. The first kappa shape index (κ1) is 10.6. The van der Waals surface area contributed by atoms with Crippen molar-refractivity contribution in [3.8, 4) is 11.3 Å². The molecule has 18 heavy (non-hydrogen) atoms. The summed E-state index contributed by atoms with van der Waals surface area (Å²) in [5.74, 6) is 0.952. The third kappa shape index (κ3) is 1.58. The minimum atomic E-state index is 0.387. The van der Waals surface area contributed by atoms with Gasteiger partial charge in [-0.15, -0.1) is 10.2 Å². The highest BCUT2D eigenvalue weighted by Crippen LogP contribution is 2.24. The first-order valence-electron chi connectivity index (χ1n) is 5.53. The van der Waals surface area contributed by atoms with Gasteiger partial charge in [-0.05, 0) is 19.1 Å². The van der Waals surface area contributed by atoms with Crippen molar-refractivity contribution in [2.45, 2.75) is 6.92 Å². The maximum Gasteiger partial charge on any atom is 0.154 e. The third-order valence-corrected chi connectivity index (χ3v) is 2.82. The van der Waals surface area contributed by atoms with Gasteiger partial charge in [0.2, 0.25) is 0 Å². The molecule has 3 aromatic rings. The van der Waals surface area contributed by atoms with Crippen LogP contribution in [0.2, 0.25) is 0 Å². The van der Waals surface area contributed by atoms with Crippen LogP contribution in [0.4, 0.5) is 5.82 Å². The molecule has 0 bridgehead atoms. The van der Waals surface area contributed by atoms with E-state index in [-0.39, 0.29) is 0 Å². The molecule has 0 aliphatic carbocycles. The van der Waals surface area contributed by atoms with Gasteiger partial charge in [0.15, 0.2) is 5.82 Å². The smallest absolute Gasteiger partial charge is 0.154 e. The molecule has 0 saturated carbocycles. The van der Waals surface area contributed by atoms with Gasteiger partial charge in [-0.3, -0.25) is 0 Å². The number of nitrogen functional groups attached to an aromatic ring is 1. The van der Waals surface area contributed by atoms with Gasteiger partial charge in [0.05, 0.1) is 17.4 Å². The van der Waals surface area contributed by atoms with Crippen LogP contribution in [0, 0.1) is 6.92 Å². The highest BCUT2D eigenvalue weighted by molar-refractivity contribution is 5.83. The van der Waals surface area contributed by atoms with Crippen molar-refractivity contribution in [3.63, 3.8) is 0 Å². The molecule has 2 heterocycles. The van der Waals surface area contributed by atoms with E-state index >= 15 is 0 Å². The summed E-state index contributed by atoms with van der Waals surface area (Å²) in [5, 5.41) is 8.02. The lowest BCUT2D eigenvalue weighted by Crippen LogP contribution is -2.02. The van der Waals surface area contributed by atoms with E-state index < -0.39 is 0 Å². The first-order chi connectivity index (χ1) is 8.65. The summed E-state index contributed by atoms with van der Waals surface area (Å²) in [4.78, 5) is 8.42. The molecule has 0 atom stereocenters. The number of imidazole rings is 1. The summed E-state index contributed by atoms with van der Waals surface area (Å²) < 4.78 is 1.96. The minimum Gasteiger partial charge on any atom is -0.382 e. The van der Waals surface area contributed by atoms with Crippen molar-refractivity contribution < 1.29 is 0 Å². The molecule has 0 amide bonds. The zero-order chi connectivity index (χ0) is 12.7. The molecular weight excluding hydrogens is 228 g/mol. The van der Waals surface area contributed by atoms with E-state index in [1.807, 2.05) is 29.8 Å². The SMILES string of the molecule is Cc1nnc(-c2ccc3c(c2)ncn3C)c(N)n1. The zero-order valence-electron chi connectivity index (χ0n) is 10.1. The number of hydrogen-bond acceptors (Lipinski definition) is 5. The molecular formula is C12H12N6. The third-order valence-electron chi connectivity index (χ3n) is 2.82. The van der Waals surface area contributed by atoms with Crippen LogP contribution < -0.4 is 5.73 Å². The molecule has 0 fully saturated rings. The van der Waals surface area contributed by atoms with E-state index in [0.29, 0.717) is 17.3 Å². The minimum absolute atomic E-state index is 0.387. The quantitative estimate of drug-likeness (QED) is 0.693. The average molecular weight is 240 g/mol. The molecule has 2 N–H and O–H groups in total. The predicted molar refractivity (Wildman–Crippen MR) is 68.7 cm³/mol. The Morgan fingerprint density at radius 2 is 2.06 bits per heavy atom. The number of anilines is 1. The topological polar surface area (TPSA) is 82.5 Å². The number of aryl methyl sites for hydroxylation is 2. The second kappa shape index (κ2) is 3.76. The largest absolute Gasteiger partial charge is 0.382 e. The van der Waals surface area contributed by atoms with E-state index in [2.05, 4.69) is 20.2 Å².